The highest BCUT2D eigenvalue weighted by atomic mass is 32.2. The molecule has 0 aromatic heterocycles. The van der Waals surface area contributed by atoms with Crippen LogP contribution >= 0.6 is 0 Å². The molecule has 2 rings (SSSR count). The Hall–Kier alpha value is -2.91. The Morgan fingerprint density at radius 3 is 2.34 bits per heavy atom. The summed E-state index contributed by atoms with van der Waals surface area (Å²) in [6.07, 6.45) is 0. The summed E-state index contributed by atoms with van der Waals surface area (Å²) in [7, 11) is -3.65. The second-order valence-corrected chi connectivity index (χ2v) is 8.29. The Morgan fingerprint density at radius 2 is 1.72 bits per heavy atom. The molecule has 9 heteroatoms. The van der Waals surface area contributed by atoms with Gasteiger partial charge in [-0.3, -0.25) is 9.59 Å². The standard InChI is InChI=1S/C20H26N4O4S/c1-4-24(5-2)29(27,28)18-12-15(11-10-14(18)3)23-19(25)13-22-17-9-7-6-8-16(17)20(21)26/h6-12,22H,4-5,13H2,1-3H3,(H2,21,26)(H,23,25). The number of anilines is 2. The number of nitrogens with one attached hydrogen (secondary N) is 2. The fourth-order valence-electron chi connectivity index (χ4n) is 2.89. The van der Waals surface area contributed by atoms with Crippen molar-refractivity contribution in [2.45, 2.75) is 25.7 Å². The van der Waals surface area contributed by atoms with E-state index in [2.05, 4.69) is 10.6 Å². The number of aryl methyl sites for hydroxylation is 1. The monoisotopic (exact) mass is 418 g/mol. The van der Waals surface area contributed by atoms with Crippen molar-refractivity contribution in [2.75, 3.05) is 30.3 Å². The molecular weight excluding hydrogens is 392 g/mol. The molecular formula is C20H26N4O4S. The van der Waals surface area contributed by atoms with E-state index in [1.54, 1.807) is 57.2 Å². The number of nitrogens with two attached hydrogens (primary N) is 1. The largest absolute Gasteiger partial charge is 0.376 e. The fraction of sp³-hybridized carbons (Fsp3) is 0.300. The molecule has 0 saturated heterocycles. The molecule has 29 heavy (non-hydrogen) atoms. The number of primary amides is 1. The molecule has 0 atom stereocenters. The number of benzene rings is 2. The second-order valence-electron chi connectivity index (χ2n) is 6.38. The van der Waals surface area contributed by atoms with Crippen molar-refractivity contribution in [3.8, 4) is 0 Å². The fourth-order valence-corrected chi connectivity index (χ4v) is 4.60. The van der Waals surface area contributed by atoms with Crippen molar-refractivity contribution in [3.63, 3.8) is 0 Å². The van der Waals surface area contributed by atoms with Crippen LogP contribution in [0.25, 0.3) is 0 Å². The zero-order chi connectivity index (χ0) is 21.6. The topological polar surface area (TPSA) is 122 Å². The highest BCUT2D eigenvalue weighted by Gasteiger charge is 2.24. The molecule has 2 amide bonds. The van der Waals surface area contributed by atoms with Crippen molar-refractivity contribution in [2.24, 2.45) is 5.73 Å². The van der Waals surface area contributed by atoms with Crippen LogP contribution in [0.3, 0.4) is 0 Å². The van der Waals surface area contributed by atoms with Crippen LogP contribution in [0.4, 0.5) is 11.4 Å². The summed E-state index contributed by atoms with van der Waals surface area (Å²) in [5.41, 5.74) is 7.02. The highest BCUT2D eigenvalue weighted by molar-refractivity contribution is 7.89. The van der Waals surface area contributed by atoms with Gasteiger partial charge in [-0.05, 0) is 36.8 Å². The van der Waals surface area contributed by atoms with Crippen molar-refractivity contribution >= 4 is 33.2 Å². The molecule has 0 spiro atoms. The van der Waals surface area contributed by atoms with Gasteiger partial charge in [0.05, 0.1) is 17.0 Å². The van der Waals surface area contributed by atoms with Gasteiger partial charge < -0.3 is 16.4 Å². The predicted octanol–water partition coefficient (Wildman–Crippen LogP) is 2.18. The Kier molecular flexibility index (Phi) is 7.35. The van der Waals surface area contributed by atoms with E-state index in [1.807, 2.05) is 0 Å². The lowest BCUT2D eigenvalue weighted by atomic mass is 10.1. The molecule has 0 aliphatic rings. The van der Waals surface area contributed by atoms with Gasteiger partial charge in [0.15, 0.2) is 0 Å². The van der Waals surface area contributed by atoms with Crippen LogP contribution in [0.1, 0.15) is 29.8 Å². The third-order valence-corrected chi connectivity index (χ3v) is 6.62. The van der Waals surface area contributed by atoms with Crippen LogP contribution in [0.2, 0.25) is 0 Å². The van der Waals surface area contributed by atoms with E-state index in [1.165, 1.54) is 10.4 Å². The highest BCUT2D eigenvalue weighted by Crippen LogP contribution is 2.23. The van der Waals surface area contributed by atoms with Crippen LogP contribution in [-0.4, -0.2) is 44.2 Å². The summed E-state index contributed by atoms with van der Waals surface area (Å²) in [5.74, 6) is -0.988. The summed E-state index contributed by atoms with van der Waals surface area (Å²) < 4.78 is 27.0. The molecule has 0 unspecified atom stereocenters. The first-order valence-electron chi connectivity index (χ1n) is 9.24. The van der Waals surface area contributed by atoms with E-state index in [-0.39, 0.29) is 22.9 Å². The first-order chi connectivity index (χ1) is 13.7. The molecule has 4 N–H and O–H groups in total. The normalized spacial score (nSPS) is 11.3. The minimum absolute atomic E-state index is 0.115. The van der Waals surface area contributed by atoms with Gasteiger partial charge in [0, 0.05) is 24.5 Å². The average molecular weight is 419 g/mol. The molecule has 156 valence electrons. The van der Waals surface area contributed by atoms with Crippen LogP contribution in [0.5, 0.6) is 0 Å². The predicted molar refractivity (Wildman–Crippen MR) is 113 cm³/mol. The summed E-state index contributed by atoms with van der Waals surface area (Å²) in [6.45, 7) is 5.87. The van der Waals surface area contributed by atoms with Crippen molar-refractivity contribution in [3.05, 3.63) is 53.6 Å². The summed E-state index contributed by atoms with van der Waals surface area (Å²) >= 11 is 0. The first-order valence-corrected chi connectivity index (χ1v) is 10.7. The molecule has 0 aliphatic carbocycles. The maximum atomic E-state index is 12.8. The number of carbonyl (C=O) groups is 2. The lowest BCUT2D eigenvalue weighted by molar-refractivity contribution is -0.114. The lowest BCUT2D eigenvalue weighted by Gasteiger charge is -2.20. The number of rotatable bonds is 9. The SMILES string of the molecule is CCN(CC)S(=O)(=O)c1cc(NC(=O)CNc2ccccc2C(N)=O)ccc1C. The average Bonchev–Trinajstić information content (AvgIpc) is 2.68. The van der Waals surface area contributed by atoms with E-state index >= 15 is 0 Å². The van der Waals surface area contributed by atoms with Gasteiger partial charge in [-0.2, -0.15) is 4.31 Å². The Morgan fingerprint density at radius 1 is 1.07 bits per heavy atom. The number of hydrogen-bond donors (Lipinski definition) is 3. The van der Waals surface area contributed by atoms with Crippen LogP contribution < -0.4 is 16.4 Å². The molecule has 0 radical (unpaired) electrons. The number of para-hydroxylation sites is 1. The van der Waals surface area contributed by atoms with Crippen LogP contribution in [0.15, 0.2) is 47.4 Å². The number of carbonyl (C=O) groups excluding carboxylic acids is 2. The van der Waals surface area contributed by atoms with Crippen molar-refractivity contribution < 1.29 is 18.0 Å². The van der Waals surface area contributed by atoms with E-state index < -0.39 is 15.9 Å². The van der Waals surface area contributed by atoms with Gasteiger partial charge in [-0.25, -0.2) is 8.42 Å². The Labute approximate surface area is 171 Å². The van der Waals surface area contributed by atoms with Crippen LogP contribution in [0, 0.1) is 6.92 Å². The summed E-state index contributed by atoms with van der Waals surface area (Å²) in [6, 6.07) is 11.4. The van der Waals surface area contributed by atoms with Crippen LogP contribution in [-0.2, 0) is 14.8 Å². The maximum absolute atomic E-state index is 12.8. The summed E-state index contributed by atoms with van der Waals surface area (Å²) in [5, 5.41) is 5.54. The van der Waals surface area contributed by atoms with E-state index in [0.717, 1.165) is 0 Å². The molecule has 0 fully saturated rings. The maximum Gasteiger partial charge on any atom is 0.250 e. The van der Waals surface area contributed by atoms with Crippen molar-refractivity contribution in [1.82, 2.24) is 4.31 Å². The smallest absolute Gasteiger partial charge is 0.250 e. The number of amides is 2. The van der Waals surface area contributed by atoms with E-state index in [9.17, 15) is 18.0 Å². The minimum Gasteiger partial charge on any atom is -0.376 e. The molecule has 8 nitrogen and oxygen atoms in total. The number of hydrogen-bond acceptors (Lipinski definition) is 5. The Bertz CT molecular complexity index is 1000. The van der Waals surface area contributed by atoms with E-state index in [0.29, 0.717) is 30.0 Å². The first kappa shape index (κ1) is 22.4. The Balaban J connectivity index is 2.15. The van der Waals surface area contributed by atoms with Crippen molar-refractivity contribution in [1.29, 1.82) is 0 Å². The molecule has 0 bridgehead atoms. The van der Waals surface area contributed by atoms with Gasteiger partial charge in [-0.1, -0.05) is 32.0 Å². The quantitative estimate of drug-likeness (QED) is 0.576. The minimum atomic E-state index is -3.65. The van der Waals surface area contributed by atoms with Gasteiger partial charge >= 0.3 is 0 Å². The molecule has 2 aromatic carbocycles. The number of nitrogens with zero attached hydrogens (tertiary/aromatic N) is 1. The lowest BCUT2D eigenvalue weighted by Crippen LogP contribution is -2.31. The second kappa shape index (κ2) is 9.53. The van der Waals surface area contributed by atoms with Gasteiger partial charge in [0.2, 0.25) is 15.9 Å². The van der Waals surface area contributed by atoms with Gasteiger partial charge in [0.25, 0.3) is 5.91 Å². The zero-order valence-corrected chi connectivity index (χ0v) is 17.5. The number of sulfonamides is 1. The van der Waals surface area contributed by atoms with Gasteiger partial charge in [-0.15, -0.1) is 0 Å². The van der Waals surface area contributed by atoms with Gasteiger partial charge in [0.1, 0.15) is 0 Å². The molecule has 2 aromatic rings. The summed E-state index contributed by atoms with van der Waals surface area (Å²) in [4.78, 5) is 23.9. The van der Waals surface area contributed by atoms with E-state index in [4.69, 9.17) is 5.73 Å². The third-order valence-electron chi connectivity index (χ3n) is 4.43. The molecule has 0 saturated carbocycles. The molecule has 0 aliphatic heterocycles. The zero-order valence-electron chi connectivity index (χ0n) is 16.7. The molecule has 0 heterocycles. The third kappa shape index (κ3) is 5.33.